The number of benzene rings is 2. The molecule has 0 heterocycles. The van der Waals surface area contributed by atoms with Gasteiger partial charge in [-0.05, 0) is 36.4 Å². The molecule has 0 saturated carbocycles. The van der Waals surface area contributed by atoms with Gasteiger partial charge in [0.1, 0.15) is 5.75 Å². The molecule has 0 saturated heterocycles. The summed E-state index contributed by atoms with van der Waals surface area (Å²) < 4.78 is 82.0. The molecule has 0 aliphatic rings. The van der Waals surface area contributed by atoms with Crippen molar-refractivity contribution in [1.29, 1.82) is 0 Å². The molecule has 0 spiro atoms. The number of hydrogen-bond acceptors (Lipinski definition) is 2. The van der Waals surface area contributed by atoms with Gasteiger partial charge in [0, 0.05) is 10.7 Å². The maximum Gasteiger partial charge on any atom is 0.416 e. The number of halogens is 8. The number of amides is 1. The fourth-order valence-corrected chi connectivity index (χ4v) is 2.53. The van der Waals surface area contributed by atoms with E-state index < -0.39 is 35.1 Å². The molecule has 1 amide bonds. The second kappa shape index (κ2) is 7.51. The second-order valence-electron chi connectivity index (χ2n) is 4.97. The van der Waals surface area contributed by atoms with Crippen LogP contribution in [0.2, 0.25) is 5.02 Å². The predicted molar refractivity (Wildman–Crippen MR) is 90.5 cm³/mol. The van der Waals surface area contributed by atoms with Crippen LogP contribution in [0.15, 0.2) is 36.4 Å². The van der Waals surface area contributed by atoms with Gasteiger partial charge in [-0.1, -0.05) is 11.6 Å². The van der Waals surface area contributed by atoms with Gasteiger partial charge in [0.15, 0.2) is 23.0 Å². The third kappa shape index (κ3) is 4.93. The minimum atomic E-state index is -5.02. The second-order valence-corrected chi connectivity index (χ2v) is 5.84. The molecule has 0 aliphatic carbocycles. The van der Waals surface area contributed by atoms with E-state index in [1.165, 1.54) is 41.2 Å². The average Bonchev–Trinajstić information content (AvgIpc) is 2.52. The molecule has 11 heteroatoms. The summed E-state index contributed by atoms with van der Waals surface area (Å²) >= 11 is 7.22. The molecule has 1 N–H and O–H groups in total. The molecule has 140 valence electrons. The third-order valence-electron chi connectivity index (χ3n) is 3.11. The largest absolute Gasteiger partial charge is 0.427 e. The Bertz CT molecular complexity index is 806. The topological polar surface area (TPSA) is 38.3 Å². The summed E-state index contributed by atoms with van der Waals surface area (Å²) in [5, 5.41) is 2.14. The summed E-state index contributed by atoms with van der Waals surface area (Å²) in [6, 6.07) is 4.68. The summed E-state index contributed by atoms with van der Waals surface area (Å²) in [6.45, 7) is 0. The van der Waals surface area contributed by atoms with Crippen LogP contribution in [0.5, 0.6) is 5.75 Å². The van der Waals surface area contributed by atoms with E-state index >= 15 is 0 Å². The highest BCUT2D eigenvalue weighted by Gasteiger charge is 2.37. The normalized spacial score (nSPS) is 12.0. The number of anilines is 1. The van der Waals surface area contributed by atoms with Gasteiger partial charge in [-0.25, -0.2) is 0 Å². The van der Waals surface area contributed by atoms with Crippen molar-refractivity contribution in [3.63, 3.8) is 0 Å². The van der Waals surface area contributed by atoms with Crippen molar-refractivity contribution in [3.05, 3.63) is 58.1 Å². The van der Waals surface area contributed by atoms with E-state index in [-0.39, 0.29) is 22.4 Å². The lowest BCUT2D eigenvalue weighted by molar-refractivity contribution is -0.143. The number of hydrogen-bond donors (Lipinski definition) is 1. The zero-order valence-corrected chi connectivity index (χ0v) is 15.2. The van der Waals surface area contributed by atoms with Crippen molar-refractivity contribution in [2.45, 2.75) is 12.4 Å². The van der Waals surface area contributed by atoms with Crippen molar-refractivity contribution in [2.75, 3.05) is 5.32 Å². The lowest BCUT2D eigenvalue weighted by atomic mass is 10.1. The monoisotopic (exact) mass is 509 g/mol. The van der Waals surface area contributed by atoms with E-state index in [1.807, 2.05) is 5.32 Å². The molecule has 3 nitrogen and oxygen atoms in total. The summed E-state index contributed by atoms with van der Waals surface area (Å²) in [7, 11) is 0. The number of alkyl halides is 6. The molecule has 2 aromatic carbocycles. The van der Waals surface area contributed by atoms with Crippen LogP contribution in [-0.2, 0) is 12.4 Å². The first-order valence-electron chi connectivity index (χ1n) is 6.61. The van der Waals surface area contributed by atoms with Gasteiger partial charge in [0.05, 0.1) is 16.7 Å². The first kappa shape index (κ1) is 20.6. The van der Waals surface area contributed by atoms with Crippen molar-refractivity contribution >= 4 is 46.2 Å². The van der Waals surface area contributed by atoms with Crippen LogP contribution in [-0.4, -0.2) is 5.91 Å². The highest BCUT2D eigenvalue weighted by atomic mass is 127. The van der Waals surface area contributed by atoms with E-state index in [9.17, 15) is 31.1 Å². The van der Waals surface area contributed by atoms with Crippen molar-refractivity contribution in [1.82, 2.24) is 0 Å². The molecule has 0 atom stereocenters. The highest BCUT2D eigenvalue weighted by molar-refractivity contribution is 14.1. The van der Waals surface area contributed by atoms with Gasteiger partial charge >= 0.3 is 12.4 Å². The lowest BCUT2D eigenvalue weighted by Crippen LogP contribution is -2.16. The van der Waals surface area contributed by atoms with E-state index in [0.717, 1.165) is 0 Å². The Morgan fingerprint density at radius 1 is 0.962 bits per heavy atom. The smallest absolute Gasteiger partial charge is 0.416 e. The Kier molecular flexibility index (Phi) is 5.95. The SMILES string of the molecule is O=C(Nc1cc(C(F)(F)F)cc(C(F)(F)F)c1)c1cc(Cl)ccc1OI. The first-order chi connectivity index (χ1) is 11.9. The predicted octanol–water partition coefficient (Wildman–Crippen LogP) is 6.36. The number of carbonyl (C=O) groups excluding carboxylic acids is 1. The van der Waals surface area contributed by atoms with Crippen molar-refractivity contribution in [2.24, 2.45) is 0 Å². The summed E-state index contributed by atoms with van der Waals surface area (Å²) in [5.74, 6) is -0.942. The van der Waals surface area contributed by atoms with Crippen LogP contribution in [0.25, 0.3) is 0 Å². The van der Waals surface area contributed by atoms with Gasteiger partial charge in [0.25, 0.3) is 5.91 Å². The maximum absolute atomic E-state index is 12.8. The molecule has 2 rings (SSSR count). The third-order valence-corrected chi connectivity index (χ3v) is 3.82. The quantitative estimate of drug-likeness (QED) is 0.386. The summed E-state index contributed by atoms with van der Waals surface area (Å²) in [6.07, 6.45) is -10.0. The molecule has 26 heavy (non-hydrogen) atoms. The molecule has 0 aromatic heterocycles. The van der Waals surface area contributed by atoms with Gasteiger partial charge in [-0.15, -0.1) is 0 Å². The van der Waals surface area contributed by atoms with Crippen LogP contribution in [0.3, 0.4) is 0 Å². The highest BCUT2D eigenvalue weighted by Crippen LogP contribution is 2.37. The van der Waals surface area contributed by atoms with E-state index in [1.54, 1.807) is 0 Å². The van der Waals surface area contributed by atoms with Gasteiger partial charge in [-0.3, -0.25) is 4.79 Å². The summed E-state index contributed by atoms with van der Waals surface area (Å²) in [4.78, 5) is 12.3. The Morgan fingerprint density at radius 2 is 1.50 bits per heavy atom. The van der Waals surface area contributed by atoms with Crippen molar-refractivity contribution in [3.8, 4) is 5.75 Å². The molecule has 0 aliphatic heterocycles. The maximum atomic E-state index is 12.8. The lowest BCUT2D eigenvalue weighted by Gasteiger charge is -2.15. The Balaban J connectivity index is 2.46. The van der Waals surface area contributed by atoms with Crippen LogP contribution < -0.4 is 8.38 Å². The summed E-state index contributed by atoms with van der Waals surface area (Å²) in [5.41, 5.74) is -3.91. The van der Waals surface area contributed by atoms with Crippen molar-refractivity contribution < 1.29 is 34.2 Å². The van der Waals surface area contributed by atoms with Crippen LogP contribution in [0, 0.1) is 0 Å². The Morgan fingerprint density at radius 3 is 1.96 bits per heavy atom. The molecule has 0 unspecified atom stereocenters. The minimum Gasteiger partial charge on any atom is -0.427 e. The van der Waals surface area contributed by atoms with Crippen LogP contribution >= 0.6 is 34.6 Å². The van der Waals surface area contributed by atoms with E-state index in [2.05, 4.69) is 0 Å². The van der Waals surface area contributed by atoms with Gasteiger partial charge in [0.2, 0.25) is 0 Å². The van der Waals surface area contributed by atoms with E-state index in [0.29, 0.717) is 12.1 Å². The number of carbonyl (C=O) groups is 1. The molecule has 2 aromatic rings. The fourth-order valence-electron chi connectivity index (χ4n) is 1.97. The molecule has 0 radical (unpaired) electrons. The molecular formula is C15H7ClF6INO2. The van der Waals surface area contributed by atoms with E-state index in [4.69, 9.17) is 14.7 Å². The van der Waals surface area contributed by atoms with Gasteiger partial charge < -0.3 is 8.38 Å². The molecule has 0 fully saturated rings. The number of nitrogens with one attached hydrogen (secondary N) is 1. The standard InChI is InChI=1S/C15H7ClF6INO2/c16-9-1-2-12(26-23)11(6-9)13(25)24-10-4-7(14(17,18)19)3-8(5-10)15(20,21)22/h1-6H,(H,24,25). The Labute approximate surface area is 162 Å². The van der Waals surface area contributed by atoms with Crippen LogP contribution in [0.4, 0.5) is 32.0 Å². The van der Waals surface area contributed by atoms with Gasteiger partial charge in [-0.2, -0.15) is 26.3 Å². The van der Waals surface area contributed by atoms with Crippen LogP contribution in [0.1, 0.15) is 21.5 Å². The molecule has 0 bridgehead atoms. The molecular weight excluding hydrogens is 503 g/mol. The minimum absolute atomic E-state index is 0.0333. The average molecular weight is 510 g/mol. The Hall–Kier alpha value is -1.69. The zero-order chi connectivity index (χ0) is 19.7. The first-order valence-corrected chi connectivity index (χ1v) is 7.86. The number of rotatable bonds is 3. The zero-order valence-electron chi connectivity index (χ0n) is 12.3. The fraction of sp³-hybridized carbons (Fsp3) is 0.133.